The number of thioether (sulfide) groups is 1. The van der Waals surface area contributed by atoms with E-state index in [1.165, 1.54) is 22.4 Å². The van der Waals surface area contributed by atoms with Gasteiger partial charge in [0.1, 0.15) is 16.9 Å². The van der Waals surface area contributed by atoms with Crippen molar-refractivity contribution >= 4 is 39.6 Å². The molecule has 1 aliphatic heterocycles. The molecule has 8 heteroatoms. The van der Waals surface area contributed by atoms with Crippen LogP contribution >= 0.6 is 11.8 Å². The summed E-state index contributed by atoms with van der Waals surface area (Å²) >= 11 is 1.17. The second-order valence-electron chi connectivity index (χ2n) is 7.26. The Morgan fingerprint density at radius 1 is 1.10 bits per heavy atom. The summed E-state index contributed by atoms with van der Waals surface area (Å²) in [6.07, 6.45) is 2.02. The van der Waals surface area contributed by atoms with Gasteiger partial charge in [-0.3, -0.25) is 14.2 Å². The summed E-state index contributed by atoms with van der Waals surface area (Å²) in [5, 5.41) is 1.12. The number of likely N-dealkylation sites (tertiary alicyclic amines) is 1. The number of aromatic nitrogens is 3. The quantitative estimate of drug-likeness (QED) is 0.402. The van der Waals surface area contributed by atoms with Crippen molar-refractivity contribution in [2.75, 3.05) is 18.8 Å². The van der Waals surface area contributed by atoms with Crippen LogP contribution in [-0.4, -0.2) is 44.2 Å². The summed E-state index contributed by atoms with van der Waals surface area (Å²) in [5.74, 6) is -0.371. The van der Waals surface area contributed by atoms with E-state index in [-0.39, 0.29) is 17.3 Å². The van der Waals surface area contributed by atoms with E-state index in [1.54, 1.807) is 18.2 Å². The van der Waals surface area contributed by atoms with E-state index in [9.17, 15) is 14.0 Å². The topological polar surface area (TPSA) is 71.0 Å². The van der Waals surface area contributed by atoms with E-state index in [0.717, 1.165) is 36.8 Å². The van der Waals surface area contributed by atoms with Crippen LogP contribution in [0.5, 0.6) is 0 Å². The number of halogens is 1. The fraction of sp³-hybridized carbons (Fsp3) is 0.227. The number of fused-ring (bicyclic) bond motifs is 3. The van der Waals surface area contributed by atoms with Crippen molar-refractivity contribution in [3.8, 4) is 5.69 Å². The maximum atomic E-state index is 14.6. The predicted molar refractivity (Wildman–Crippen MR) is 116 cm³/mol. The Morgan fingerprint density at radius 2 is 1.83 bits per heavy atom. The molecule has 0 spiro atoms. The fourth-order valence-electron chi connectivity index (χ4n) is 3.87. The molecule has 0 atom stereocenters. The lowest BCUT2D eigenvalue weighted by Crippen LogP contribution is -2.30. The number of rotatable bonds is 4. The summed E-state index contributed by atoms with van der Waals surface area (Å²) in [5.41, 5.74) is 1.35. The number of para-hydroxylation sites is 2. The average Bonchev–Trinajstić information content (AvgIpc) is 3.42. The van der Waals surface area contributed by atoms with Gasteiger partial charge in [-0.25, -0.2) is 9.37 Å². The van der Waals surface area contributed by atoms with E-state index in [0.29, 0.717) is 16.2 Å². The molecule has 152 valence electrons. The Kier molecular flexibility index (Phi) is 4.78. The van der Waals surface area contributed by atoms with E-state index < -0.39 is 11.4 Å². The van der Waals surface area contributed by atoms with E-state index in [1.807, 2.05) is 29.2 Å². The summed E-state index contributed by atoms with van der Waals surface area (Å²) < 4.78 is 15.9. The van der Waals surface area contributed by atoms with Crippen molar-refractivity contribution in [3.05, 3.63) is 64.7 Å². The summed E-state index contributed by atoms with van der Waals surface area (Å²) in [4.78, 5) is 35.6. The van der Waals surface area contributed by atoms with Gasteiger partial charge in [0.15, 0.2) is 5.16 Å². The number of hydrogen-bond donors (Lipinski definition) is 1. The SMILES string of the molecule is O=C(CSc1nc2c([nH]c3ccccc32)c(=O)n1-c1ccccc1F)N1CCCC1. The Bertz CT molecular complexity index is 1320. The molecule has 0 aliphatic carbocycles. The van der Waals surface area contributed by atoms with Crippen molar-refractivity contribution in [1.82, 2.24) is 19.4 Å². The smallest absolute Gasteiger partial charge is 0.283 e. The number of nitrogens with one attached hydrogen (secondary N) is 1. The zero-order chi connectivity index (χ0) is 20.7. The lowest BCUT2D eigenvalue weighted by molar-refractivity contribution is -0.127. The molecular formula is C22H19FN4O2S. The molecule has 1 saturated heterocycles. The second-order valence-corrected chi connectivity index (χ2v) is 8.20. The van der Waals surface area contributed by atoms with Gasteiger partial charge in [-0.1, -0.05) is 42.1 Å². The predicted octanol–water partition coefficient (Wildman–Crippen LogP) is 3.72. The number of amides is 1. The lowest BCUT2D eigenvalue weighted by atomic mass is 10.2. The van der Waals surface area contributed by atoms with Crippen LogP contribution in [0.25, 0.3) is 27.6 Å². The minimum absolute atomic E-state index is 0.00542. The third-order valence-corrected chi connectivity index (χ3v) is 6.29. The standard InChI is InChI=1S/C22H19FN4O2S/c23-15-8-2-4-10-17(15)27-21(29)20-19(14-7-1-3-9-16(14)24-20)25-22(27)30-13-18(28)26-11-5-6-12-26/h1-4,7-10,24H,5-6,11-13H2. The van der Waals surface area contributed by atoms with Gasteiger partial charge < -0.3 is 9.88 Å². The van der Waals surface area contributed by atoms with Gasteiger partial charge in [0.25, 0.3) is 5.56 Å². The second kappa shape index (κ2) is 7.60. The Hall–Kier alpha value is -3.13. The molecule has 0 saturated carbocycles. The molecule has 4 aromatic rings. The molecule has 6 nitrogen and oxygen atoms in total. The maximum absolute atomic E-state index is 14.6. The van der Waals surface area contributed by atoms with Gasteiger partial charge >= 0.3 is 0 Å². The lowest BCUT2D eigenvalue weighted by Gasteiger charge is -2.16. The highest BCUT2D eigenvalue weighted by Crippen LogP contribution is 2.27. The number of aromatic amines is 1. The number of nitrogens with zero attached hydrogens (tertiary/aromatic N) is 3. The highest BCUT2D eigenvalue weighted by molar-refractivity contribution is 7.99. The minimum atomic E-state index is -0.524. The Labute approximate surface area is 175 Å². The number of carbonyl (C=O) groups is 1. The molecule has 0 bridgehead atoms. The maximum Gasteiger partial charge on any atom is 0.283 e. The molecule has 0 radical (unpaired) electrons. The first-order valence-corrected chi connectivity index (χ1v) is 10.8. The highest BCUT2D eigenvalue weighted by Gasteiger charge is 2.22. The van der Waals surface area contributed by atoms with Crippen LogP contribution in [0.15, 0.2) is 58.5 Å². The summed E-state index contributed by atoms with van der Waals surface area (Å²) in [7, 11) is 0. The third-order valence-electron chi connectivity index (χ3n) is 5.37. The van der Waals surface area contributed by atoms with Gasteiger partial charge in [-0.15, -0.1) is 0 Å². The molecule has 5 rings (SSSR count). The van der Waals surface area contributed by atoms with E-state index in [2.05, 4.69) is 4.98 Å². The summed E-state index contributed by atoms with van der Waals surface area (Å²) in [6.45, 7) is 1.52. The highest BCUT2D eigenvalue weighted by atomic mass is 32.2. The van der Waals surface area contributed by atoms with E-state index >= 15 is 0 Å². The number of hydrogen-bond acceptors (Lipinski definition) is 4. The first kappa shape index (κ1) is 18.9. The molecule has 1 aliphatic rings. The van der Waals surface area contributed by atoms with Gasteiger partial charge in [0.2, 0.25) is 5.91 Å². The molecule has 1 fully saturated rings. The first-order valence-electron chi connectivity index (χ1n) is 9.82. The minimum Gasteiger partial charge on any atom is -0.349 e. The molecule has 30 heavy (non-hydrogen) atoms. The zero-order valence-corrected chi connectivity index (χ0v) is 16.9. The fourth-order valence-corrected chi connectivity index (χ4v) is 4.77. The van der Waals surface area contributed by atoms with Crippen molar-refractivity contribution < 1.29 is 9.18 Å². The monoisotopic (exact) mass is 422 g/mol. The zero-order valence-electron chi connectivity index (χ0n) is 16.1. The normalized spacial score (nSPS) is 14.1. The Morgan fingerprint density at radius 3 is 2.63 bits per heavy atom. The van der Waals surface area contributed by atoms with Gasteiger partial charge in [0.05, 0.1) is 11.4 Å². The number of benzene rings is 2. The van der Waals surface area contributed by atoms with Crippen LogP contribution in [0, 0.1) is 5.82 Å². The molecule has 2 aromatic heterocycles. The summed E-state index contributed by atoms with van der Waals surface area (Å²) in [6, 6.07) is 13.6. The first-order chi connectivity index (χ1) is 14.6. The van der Waals surface area contributed by atoms with Crippen molar-refractivity contribution in [1.29, 1.82) is 0 Å². The van der Waals surface area contributed by atoms with Crippen molar-refractivity contribution in [3.63, 3.8) is 0 Å². The van der Waals surface area contributed by atoms with Crippen LogP contribution < -0.4 is 5.56 Å². The van der Waals surface area contributed by atoms with Crippen LogP contribution in [-0.2, 0) is 4.79 Å². The van der Waals surface area contributed by atoms with Crippen LogP contribution in [0.3, 0.4) is 0 Å². The largest absolute Gasteiger partial charge is 0.349 e. The molecule has 2 aromatic carbocycles. The van der Waals surface area contributed by atoms with Crippen molar-refractivity contribution in [2.45, 2.75) is 18.0 Å². The van der Waals surface area contributed by atoms with Gasteiger partial charge in [-0.05, 0) is 31.0 Å². The van der Waals surface area contributed by atoms with Crippen molar-refractivity contribution in [2.24, 2.45) is 0 Å². The van der Waals surface area contributed by atoms with E-state index in [4.69, 9.17) is 4.98 Å². The molecule has 3 heterocycles. The third kappa shape index (κ3) is 3.17. The van der Waals surface area contributed by atoms with Crippen LogP contribution in [0.2, 0.25) is 0 Å². The number of carbonyl (C=O) groups excluding carboxylic acids is 1. The Balaban J connectivity index is 1.67. The molecule has 1 amide bonds. The van der Waals surface area contributed by atoms with Gasteiger partial charge in [0, 0.05) is 24.0 Å². The van der Waals surface area contributed by atoms with Crippen LogP contribution in [0.1, 0.15) is 12.8 Å². The molecule has 0 unspecified atom stereocenters. The van der Waals surface area contributed by atoms with Gasteiger partial charge in [-0.2, -0.15) is 0 Å². The molecular weight excluding hydrogens is 403 g/mol. The van der Waals surface area contributed by atoms with Crippen LogP contribution in [0.4, 0.5) is 4.39 Å². The average molecular weight is 422 g/mol. The molecule has 1 N–H and O–H groups in total. The number of H-pyrrole nitrogens is 1.